The van der Waals surface area contributed by atoms with Crippen molar-refractivity contribution < 1.29 is 19.5 Å². The first-order chi connectivity index (χ1) is 11.8. The van der Waals surface area contributed by atoms with Crippen molar-refractivity contribution in [3.63, 3.8) is 0 Å². The highest BCUT2D eigenvalue weighted by atomic mass is 32.2. The van der Waals surface area contributed by atoms with Gasteiger partial charge in [0.15, 0.2) is 5.78 Å². The predicted molar refractivity (Wildman–Crippen MR) is 98.6 cm³/mol. The molecule has 0 saturated heterocycles. The molecule has 0 bridgehead atoms. The number of aryl methyl sites for hydroxylation is 1. The van der Waals surface area contributed by atoms with Gasteiger partial charge in [0.05, 0.1) is 6.42 Å². The number of carbonyl (C=O) groups excluding carboxylic acids is 2. The second-order valence-electron chi connectivity index (χ2n) is 6.60. The monoisotopic (exact) mass is 361 g/mol. The smallest absolute Gasteiger partial charge is 0.308 e. The molecule has 0 saturated carbocycles. The molecule has 1 aliphatic heterocycles. The highest BCUT2D eigenvalue weighted by molar-refractivity contribution is 7.99. The summed E-state index contributed by atoms with van der Waals surface area (Å²) in [6, 6.07) is 7.14. The van der Waals surface area contributed by atoms with E-state index in [2.05, 4.69) is 0 Å². The second-order valence-corrected chi connectivity index (χ2v) is 7.52. The number of hydrogen-bond acceptors (Lipinski definition) is 4. The zero-order chi connectivity index (χ0) is 18.7. The van der Waals surface area contributed by atoms with Gasteiger partial charge in [0.25, 0.3) is 5.91 Å². The lowest BCUT2D eigenvalue weighted by atomic mass is 9.97. The molecule has 1 aliphatic rings. The van der Waals surface area contributed by atoms with Crippen molar-refractivity contribution in [2.24, 2.45) is 5.92 Å². The summed E-state index contributed by atoms with van der Waals surface area (Å²) >= 11 is 1.39. The van der Waals surface area contributed by atoms with E-state index >= 15 is 0 Å². The first-order valence-electron chi connectivity index (χ1n) is 8.16. The number of hydrogen-bond donors (Lipinski definition) is 1. The molecule has 25 heavy (non-hydrogen) atoms. The van der Waals surface area contributed by atoms with Crippen LogP contribution in [0, 0.1) is 12.8 Å². The van der Waals surface area contributed by atoms with Crippen molar-refractivity contribution in [1.82, 2.24) is 4.90 Å². The van der Waals surface area contributed by atoms with Crippen LogP contribution in [-0.2, 0) is 9.59 Å². The fraction of sp³-hybridized carbons (Fsp3) is 0.421. The van der Waals surface area contributed by atoms with Crippen LogP contribution in [0.3, 0.4) is 0 Å². The zero-order valence-corrected chi connectivity index (χ0v) is 15.7. The predicted octanol–water partition coefficient (Wildman–Crippen LogP) is 3.14. The van der Waals surface area contributed by atoms with E-state index in [1.165, 1.54) is 11.8 Å². The summed E-state index contributed by atoms with van der Waals surface area (Å²) in [6.45, 7) is 6.35. The highest BCUT2D eigenvalue weighted by Crippen LogP contribution is 2.36. The molecular formula is C19H23NO4S. The van der Waals surface area contributed by atoms with Gasteiger partial charge in [-0.3, -0.25) is 14.4 Å². The molecule has 6 heteroatoms. The number of carbonyl (C=O) groups is 3. The summed E-state index contributed by atoms with van der Waals surface area (Å²) in [5, 5.41) is 8.76. The van der Waals surface area contributed by atoms with Gasteiger partial charge in [-0.05, 0) is 25.2 Å². The number of carboxylic acid groups (broad SMARTS) is 1. The molecule has 1 aromatic rings. The Bertz CT molecular complexity index is 739. The number of nitrogens with zero attached hydrogens (tertiary/aromatic N) is 1. The van der Waals surface area contributed by atoms with Gasteiger partial charge in [0, 0.05) is 23.3 Å². The molecule has 1 heterocycles. The van der Waals surface area contributed by atoms with Crippen LogP contribution in [0.15, 0.2) is 35.4 Å². The summed E-state index contributed by atoms with van der Waals surface area (Å²) < 4.78 is 0. The molecule has 0 unspecified atom stereocenters. The summed E-state index contributed by atoms with van der Waals surface area (Å²) in [6.07, 6.45) is 1.40. The third-order valence-electron chi connectivity index (χ3n) is 4.01. The number of rotatable bonds is 7. The summed E-state index contributed by atoms with van der Waals surface area (Å²) in [7, 11) is 0. The Morgan fingerprint density at radius 1 is 1.32 bits per heavy atom. The van der Waals surface area contributed by atoms with Crippen molar-refractivity contribution in [3.8, 4) is 0 Å². The number of aliphatic carboxylic acids is 1. The Morgan fingerprint density at radius 2 is 2.00 bits per heavy atom. The van der Waals surface area contributed by atoms with Crippen molar-refractivity contribution in [2.75, 3.05) is 12.8 Å². The van der Waals surface area contributed by atoms with E-state index in [-0.39, 0.29) is 23.2 Å². The molecule has 1 N–H and O–H groups in total. The molecule has 0 fully saturated rings. The van der Waals surface area contributed by atoms with Crippen LogP contribution in [0.25, 0.3) is 0 Å². The van der Waals surface area contributed by atoms with Crippen LogP contribution >= 0.6 is 11.8 Å². The summed E-state index contributed by atoms with van der Waals surface area (Å²) in [5.41, 5.74) is 1.84. The third-order valence-corrected chi connectivity index (χ3v) is 4.95. The third kappa shape index (κ3) is 4.12. The Hall–Kier alpha value is -2.08. The maximum atomic E-state index is 13.1. The van der Waals surface area contributed by atoms with E-state index in [1.807, 2.05) is 33.1 Å². The zero-order valence-electron chi connectivity index (χ0n) is 14.9. The van der Waals surface area contributed by atoms with Crippen LogP contribution in [0.2, 0.25) is 0 Å². The summed E-state index contributed by atoms with van der Waals surface area (Å²) in [5.74, 6) is -1.49. The van der Waals surface area contributed by atoms with E-state index in [4.69, 9.17) is 0 Å². The molecule has 0 aromatic heterocycles. The van der Waals surface area contributed by atoms with Crippen molar-refractivity contribution in [1.29, 1.82) is 0 Å². The van der Waals surface area contributed by atoms with Crippen LogP contribution < -0.4 is 0 Å². The quantitative estimate of drug-likeness (QED) is 0.755. The van der Waals surface area contributed by atoms with Gasteiger partial charge in [-0.2, -0.15) is 0 Å². The van der Waals surface area contributed by atoms with Gasteiger partial charge in [-0.1, -0.05) is 37.6 Å². The van der Waals surface area contributed by atoms with Crippen LogP contribution in [0.5, 0.6) is 0 Å². The SMILES string of the molecule is CS[C@H]1C(C(=O)c2cccc(C)c2)=C(CC(=O)O)C(=O)N1CC(C)C. The van der Waals surface area contributed by atoms with Crippen LogP contribution in [-0.4, -0.2) is 45.8 Å². The minimum absolute atomic E-state index is 0.110. The lowest BCUT2D eigenvalue weighted by Crippen LogP contribution is -2.37. The average Bonchev–Trinajstić information content (AvgIpc) is 2.78. The fourth-order valence-corrected chi connectivity index (χ4v) is 3.95. The van der Waals surface area contributed by atoms with Gasteiger partial charge in [-0.25, -0.2) is 0 Å². The van der Waals surface area contributed by atoms with E-state index < -0.39 is 17.8 Å². The first kappa shape index (κ1) is 19.2. The number of thioether (sulfide) groups is 1. The van der Waals surface area contributed by atoms with E-state index in [0.717, 1.165) is 5.56 Å². The number of Topliss-reactive ketones (excluding diaryl/α,β-unsaturated/α-hetero) is 1. The summed E-state index contributed by atoms with van der Waals surface area (Å²) in [4.78, 5) is 38.8. The van der Waals surface area contributed by atoms with Crippen molar-refractivity contribution in [2.45, 2.75) is 32.6 Å². The Labute approximate surface area is 152 Å². The molecule has 5 nitrogen and oxygen atoms in total. The molecule has 1 amide bonds. The lowest BCUT2D eigenvalue weighted by Gasteiger charge is -2.27. The Balaban J connectivity index is 2.53. The van der Waals surface area contributed by atoms with Gasteiger partial charge < -0.3 is 10.0 Å². The normalized spacial score (nSPS) is 17.6. The molecular weight excluding hydrogens is 338 g/mol. The molecule has 1 aromatic carbocycles. The molecule has 0 aliphatic carbocycles. The molecule has 134 valence electrons. The highest BCUT2D eigenvalue weighted by Gasteiger charge is 2.42. The van der Waals surface area contributed by atoms with Gasteiger partial charge in [0.2, 0.25) is 0 Å². The van der Waals surface area contributed by atoms with Crippen molar-refractivity contribution >= 4 is 29.4 Å². The van der Waals surface area contributed by atoms with Crippen LogP contribution in [0.1, 0.15) is 36.2 Å². The minimum Gasteiger partial charge on any atom is -0.481 e. The van der Waals surface area contributed by atoms with E-state index in [9.17, 15) is 19.5 Å². The number of benzene rings is 1. The van der Waals surface area contributed by atoms with Gasteiger partial charge in [-0.15, -0.1) is 11.8 Å². The number of amides is 1. The maximum Gasteiger partial charge on any atom is 0.308 e. The van der Waals surface area contributed by atoms with E-state index in [0.29, 0.717) is 17.7 Å². The van der Waals surface area contributed by atoms with E-state index in [1.54, 1.807) is 23.1 Å². The largest absolute Gasteiger partial charge is 0.481 e. The fourth-order valence-electron chi connectivity index (χ4n) is 3.03. The maximum absolute atomic E-state index is 13.1. The first-order valence-corrected chi connectivity index (χ1v) is 9.45. The minimum atomic E-state index is -1.11. The Morgan fingerprint density at radius 3 is 2.52 bits per heavy atom. The lowest BCUT2D eigenvalue weighted by molar-refractivity contribution is -0.137. The van der Waals surface area contributed by atoms with Gasteiger partial charge in [0.1, 0.15) is 5.37 Å². The van der Waals surface area contributed by atoms with Crippen LogP contribution in [0.4, 0.5) is 0 Å². The Kier molecular flexibility index (Phi) is 6.06. The number of ketones is 1. The molecule has 0 spiro atoms. The topological polar surface area (TPSA) is 74.7 Å². The average molecular weight is 361 g/mol. The molecule has 1 atom stereocenters. The van der Waals surface area contributed by atoms with Crippen molar-refractivity contribution in [3.05, 3.63) is 46.5 Å². The van der Waals surface area contributed by atoms with Gasteiger partial charge >= 0.3 is 5.97 Å². The molecule has 0 radical (unpaired) electrons. The standard InChI is InChI=1S/C19H23NO4S/c1-11(2)10-20-18(24)14(9-15(21)22)16(19(20)25-4)17(23)13-7-5-6-12(3)8-13/h5-8,11,19H,9-10H2,1-4H3,(H,21,22)/t19-/m0/s1. The second kappa shape index (κ2) is 7.87. The number of carboxylic acids is 1. The molecule has 2 rings (SSSR count).